The van der Waals surface area contributed by atoms with Crippen LogP contribution in [0.1, 0.15) is 27.5 Å². The second-order valence-corrected chi connectivity index (χ2v) is 5.90. The van der Waals surface area contributed by atoms with Gasteiger partial charge in [0.05, 0.1) is 11.6 Å². The summed E-state index contributed by atoms with van der Waals surface area (Å²) in [6, 6.07) is 17.5. The molecule has 2 aromatic carbocycles. The van der Waals surface area contributed by atoms with E-state index >= 15 is 0 Å². The summed E-state index contributed by atoms with van der Waals surface area (Å²) >= 11 is 0. The number of carbonyl (C=O) groups is 1. The molecule has 0 fully saturated rings. The molecule has 1 heterocycles. The molecule has 4 nitrogen and oxygen atoms in total. The quantitative estimate of drug-likeness (QED) is 0.872. The number of hydrogen-bond donors (Lipinski definition) is 0. The number of amides is 1. The molecule has 0 spiro atoms. The minimum Gasteiger partial charge on any atom is -0.377 e. The van der Waals surface area contributed by atoms with E-state index in [1.165, 1.54) is 5.56 Å². The number of benzene rings is 2. The van der Waals surface area contributed by atoms with Crippen LogP contribution in [-0.4, -0.2) is 31.4 Å². The molecule has 1 aliphatic heterocycles. The van der Waals surface area contributed by atoms with Crippen molar-refractivity contribution in [1.29, 1.82) is 5.26 Å². The van der Waals surface area contributed by atoms with Crippen LogP contribution in [0.4, 0.5) is 5.69 Å². The van der Waals surface area contributed by atoms with Crippen LogP contribution in [-0.2, 0) is 6.42 Å². The second-order valence-electron chi connectivity index (χ2n) is 5.90. The fraction of sp³-hybridized carbons (Fsp3) is 0.263. The van der Waals surface area contributed by atoms with Gasteiger partial charge in [-0.3, -0.25) is 4.79 Å². The second kappa shape index (κ2) is 6.13. The average Bonchev–Trinajstić information content (AvgIpc) is 2.85. The van der Waals surface area contributed by atoms with E-state index in [1.54, 1.807) is 4.90 Å². The van der Waals surface area contributed by atoms with Gasteiger partial charge in [-0.15, -0.1) is 0 Å². The van der Waals surface area contributed by atoms with E-state index < -0.39 is 6.04 Å². The molecule has 1 unspecified atom stereocenters. The number of fused-ring (bicyclic) bond motifs is 1. The molecule has 0 radical (unpaired) electrons. The smallest absolute Gasteiger partial charge is 0.257 e. The van der Waals surface area contributed by atoms with Gasteiger partial charge in [0.2, 0.25) is 0 Å². The van der Waals surface area contributed by atoms with Crippen LogP contribution >= 0.6 is 0 Å². The van der Waals surface area contributed by atoms with E-state index in [4.69, 9.17) is 0 Å². The SMILES string of the molecule is CN(C)c1cccc2c1C(=O)N(CCc1ccccc1)C2C#N. The molecule has 23 heavy (non-hydrogen) atoms. The third-order valence-corrected chi connectivity index (χ3v) is 4.24. The van der Waals surface area contributed by atoms with Crippen LogP contribution in [0.15, 0.2) is 48.5 Å². The normalized spacial score (nSPS) is 16.1. The molecule has 0 N–H and O–H groups in total. The van der Waals surface area contributed by atoms with Gasteiger partial charge in [-0.25, -0.2) is 0 Å². The first-order valence-electron chi connectivity index (χ1n) is 7.68. The molecule has 0 bridgehead atoms. The molecule has 0 aliphatic carbocycles. The Kier molecular flexibility index (Phi) is 4.03. The van der Waals surface area contributed by atoms with E-state index in [2.05, 4.69) is 6.07 Å². The molecule has 2 aromatic rings. The van der Waals surface area contributed by atoms with Crippen molar-refractivity contribution in [3.63, 3.8) is 0 Å². The number of rotatable bonds is 4. The first-order valence-corrected chi connectivity index (χ1v) is 7.68. The Bertz CT molecular complexity index is 762. The topological polar surface area (TPSA) is 47.3 Å². The van der Waals surface area contributed by atoms with Crippen molar-refractivity contribution >= 4 is 11.6 Å². The van der Waals surface area contributed by atoms with Crippen LogP contribution in [0.3, 0.4) is 0 Å². The lowest BCUT2D eigenvalue weighted by atomic mass is 10.0. The largest absolute Gasteiger partial charge is 0.377 e. The van der Waals surface area contributed by atoms with Gasteiger partial charge in [-0.2, -0.15) is 5.26 Å². The maximum atomic E-state index is 12.9. The molecule has 0 saturated heterocycles. The third kappa shape index (κ3) is 2.66. The molecule has 116 valence electrons. The molecular weight excluding hydrogens is 286 g/mol. The Morgan fingerprint density at radius 1 is 1.13 bits per heavy atom. The maximum Gasteiger partial charge on any atom is 0.257 e. The van der Waals surface area contributed by atoms with Gasteiger partial charge in [-0.1, -0.05) is 42.5 Å². The molecule has 1 aliphatic rings. The summed E-state index contributed by atoms with van der Waals surface area (Å²) in [5.74, 6) is -0.0493. The van der Waals surface area contributed by atoms with Crippen LogP contribution in [0, 0.1) is 11.3 Å². The first kappa shape index (κ1) is 15.1. The maximum absolute atomic E-state index is 12.9. The lowest BCUT2D eigenvalue weighted by Gasteiger charge is -2.20. The lowest BCUT2D eigenvalue weighted by molar-refractivity contribution is 0.0760. The number of nitrogens with zero attached hydrogens (tertiary/aromatic N) is 3. The predicted octanol–water partition coefficient (Wildman–Crippen LogP) is 3.02. The van der Waals surface area contributed by atoms with Crippen molar-refractivity contribution in [2.45, 2.75) is 12.5 Å². The average molecular weight is 305 g/mol. The highest BCUT2D eigenvalue weighted by atomic mass is 16.2. The Hall–Kier alpha value is -2.80. The van der Waals surface area contributed by atoms with Crippen molar-refractivity contribution in [1.82, 2.24) is 4.90 Å². The summed E-state index contributed by atoms with van der Waals surface area (Å²) in [6.45, 7) is 0.544. The zero-order chi connectivity index (χ0) is 16.4. The van der Waals surface area contributed by atoms with Gasteiger partial charge in [0.1, 0.15) is 6.04 Å². The molecule has 3 rings (SSSR count). The Labute approximate surface area is 136 Å². The van der Waals surface area contributed by atoms with E-state index in [-0.39, 0.29) is 5.91 Å². The van der Waals surface area contributed by atoms with Gasteiger partial charge in [0, 0.05) is 31.9 Å². The fourth-order valence-electron chi connectivity index (χ4n) is 3.08. The third-order valence-electron chi connectivity index (χ3n) is 4.24. The van der Waals surface area contributed by atoms with Crippen LogP contribution in [0.25, 0.3) is 0 Å². The van der Waals surface area contributed by atoms with Crippen molar-refractivity contribution in [3.05, 3.63) is 65.2 Å². The van der Waals surface area contributed by atoms with Gasteiger partial charge in [0.25, 0.3) is 5.91 Å². The van der Waals surface area contributed by atoms with Crippen molar-refractivity contribution in [3.8, 4) is 6.07 Å². The summed E-state index contributed by atoms with van der Waals surface area (Å²) in [6.07, 6.45) is 0.746. The summed E-state index contributed by atoms with van der Waals surface area (Å²) < 4.78 is 0. The minimum atomic E-state index is -0.499. The number of anilines is 1. The van der Waals surface area contributed by atoms with E-state index in [0.717, 1.165) is 17.7 Å². The van der Waals surface area contributed by atoms with Crippen molar-refractivity contribution in [2.75, 3.05) is 25.5 Å². The standard InChI is InChI=1S/C19H19N3O/c1-21(2)16-10-6-9-15-17(13-20)22(19(23)18(15)16)12-11-14-7-4-3-5-8-14/h3-10,17H,11-12H2,1-2H3. The first-order chi connectivity index (χ1) is 11.1. The lowest BCUT2D eigenvalue weighted by Crippen LogP contribution is -2.30. The number of carbonyl (C=O) groups excluding carboxylic acids is 1. The van der Waals surface area contributed by atoms with E-state index in [1.807, 2.05) is 67.5 Å². The van der Waals surface area contributed by atoms with Crippen molar-refractivity contribution in [2.24, 2.45) is 0 Å². The summed E-state index contributed by atoms with van der Waals surface area (Å²) in [5, 5.41) is 9.57. The minimum absolute atomic E-state index is 0.0493. The van der Waals surface area contributed by atoms with Crippen molar-refractivity contribution < 1.29 is 4.79 Å². The highest BCUT2D eigenvalue weighted by molar-refractivity contribution is 6.04. The Morgan fingerprint density at radius 2 is 1.87 bits per heavy atom. The molecule has 0 aromatic heterocycles. The van der Waals surface area contributed by atoms with Gasteiger partial charge in [-0.05, 0) is 18.1 Å². The molecule has 1 atom stereocenters. The summed E-state index contributed by atoms with van der Waals surface area (Å²) in [4.78, 5) is 16.5. The van der Waals surface area contributed by atoms with Gasteiger partial charge < -0.3 is 9.80 Å². The molecule has 0 saturated carbocycles. The summed E-state index contributed by atoms with van der Waals surface area (Å²) in [7, 11) is 3.83. The van der Waals surface area contributed by atoms with Gasteiger partial charge in [0.15, 0.2) is 0 Å². The van der Waals surface area contributed by atoms with Crippen LogP contribution in [0.2, 0.25) is 0 Å². The predicted molar refractivity (Wildman–Crippen MR) is 90.3 cm³/mol. The summed E-state index contributed by atoms with van der Waals surface area (Å²) in [5.41, 5.74) is 3.52. The number of nitriles is 1. The van der Waals surface area contributed by atoms with E-state index in [9.17, 15) is 10.1 Å². The molecule has 4 heteroatoms. The van der Waals surface area contributed by atoms with Crippen LogP contribution < -0.4 is 4.90 Å². The zero-order valence-electron chi connectivity index (χ0n) is 13.4. The fourth-order valence-corrected chi connectivity index (χ4v) is 3.08. The van der Waals surface area contributed by atoms with Crippen LogP contribution in [0.5, 0.6) is 0 Å². The Morgan fingerprint density at radius 3 is 2.52 bits per heavy atom. The monoisotopic (exact) mass is 305 g/mol. The highest BCUT2D eigenvalue weighted by Gasteiger charge is 2.38. The Balaban J connectivity index is 1.90. The zero-order valence-corrected chi connectivity index (χ0v) is 13.4. The van der Waals surface area contributed by atoms with E-state index in [0.29, 0.717) is 12.1 Å². The molecular formula is C19H19N3O. The highest BCUT2D eigenvalue weighted by Crippen LogP contribution is 2.38. The number of hydrogen-bond acceptors (Lipinski definition) is 3. The molecule has 1 amide bonds. The van der Waals surface area contributed by atoms with Gasteiger partial charge >= 0.3 is 0 Å².